The third-order valence-corrected chi connectivity index (χ3v) is 2.35. The van der Waals surface area contributed by atoms with Gasteiger partial charge in [0.2, 0.25) is 0 Å². The lowest BCUT2D eigenvalue weighted by atomic mass is 10.2. The zero-order valence-corrected chi connectivity index (χ0v) is 10.3. The van der Waals surface area contributed by atoms with Gasteiger partial charge in [0, 0.05) is 46.0 Å². The Balaban J connectivity index is 3.38. The quantitative estimate of drug-likeness (QED) is 0.793. The molecule has 0 aliphatic rings. The second kappa shape index (κ2) is 4.68. The van der Waals surface area contributed by atoms with E-state index in [4.69, 9.17) is 17.3 Å². The maximum Gasteiger partial charge on any atom is 0.136 e. The summed E-state index contributed by atoms with van der Waals surface area (Å²) in [6.45, 7) is 0.450. The first kappa shape index (κ1) is 12.1. The molecule has 1 aromatic heterocycles. The van der Waals surface area contributed by atoms with Crippen LogP contribution in [0.15, 0.2) is 6.07 Å². The summed E-state index contributed by atoms with van der Waals surface area (Å²) in [7, 11) is 7.78. The van der Waals surface area contributed by atoms with Crippen LogP contribution in [-0.2, 0) is 6.54 Å². The van der Waals surface area contributed by atoms with Gasteiger partial charge >= 0.3 is 0 Å². The van der Waals surface area contributed by atoms with Gasteiger partial charge in [-0.1, -0.05) is 11.6 Å². The van der Waals surface area contributed by atoms with Crippen molar-refractivity contribution in [3.8, 4) is 0 Å². The zero-order valence-electron chi connectivity index (χ0n) is 9.58. The first-order valence-electron chi connectivity index (χ1n) is 4.71. The number of anilines is 2. The third kappa shape index (κ3) is 2.52. The molecule has 1 heterocycles. The summed E-state index contributed by atoms with van der Waals surface area (Å²) in [5.74, 6) is 0.828. The first-order valence-corrected chi connectivity index (χ1v) is 5.09. The standard InChI is InChI=1S/C10H17ClN4/c1-14(2)8-5-9(11)13-10(15(3)4)7(8)6-12/h5H,6,12H2,1-4H3. The number of pyridine rings is 1. The van der Waals surface area contributed by atoms with Gasteiger partial charge in [0.05, 0.1) is 0 Å². The minimum absolute atomic E-state index is 0.450. The highest BCUT2D eigenvalue weighted by atomic mass is 35.5. The molecule has 2 N–H and O–H groups in total. The predicted octanol–water partition coefficient (Wildman–Crippen LogP) is 1.33. The molecule has 0 bridgehead atoms. The number of rotatable bonds is 3. The molecule has 0 spiro atoms. The molecule has 4 nitrogen and oxygen atoms in total. The smallest absolute Gasteiger partial charge is 0.136 e. The molecule has 0 amide bonds. The zero-order chi connectivity index (χ0) is 11.6. The van der Waals surface area contributed by atoms with E-state index in [0.29, 0.717) is 11.7 Å². The first-order chi connectivity index (χ1) is 6.97. The van der Waals surface area contributed by atoms with Gasteiger partial charge < -0.3 is 15.5 Å². The number of nitrogens with two attached hydrogens (primary N) is 1. The van der Waals surface area contributed by atoms with Crippen LogP contribution in [0.2, 0.25) is 5.15 Å². The van der Waals surface area contributed by atoms with Crippen LogP contribution < -0.4 is 15.5 Å². The summed E-state index contributed by atoms with van der Waals surface area (Å²) in [5.41, 5.74) is 7.76. The van der Waals surface area contributed by atoms with Crippen LogP contribution in [0.1, 0.15) is 5.56 Å². The second-order valence-corrected chi connectivity index (χ2v) is 4.15. The van der Waals surface area contributed by atoms with Gasteiger partial charge in [0.1, 0.15) is 11.0 Å². The van der Waals surface area contributed by atoms with Gasteiger partial charge in [0.15, 0.2) is 0 Å². The maximum absolute atomic E-state index is 5.96. The molecular formula is C10H17ClN4. The van der Waals surface area contributed by atoms with E-state index in [1.165, 1.54) is 0 Å². The van der Waals surface area contributed by atoms with Crippen LogP contribution in [0.25, 0.3) is 0 Å². The van der Waals surface area contributed by atoms with E-state index in [2.05, 4.69) is 4.98 Å². The number of nitrogens with zero attached hydrogens (tertiary/aromatic N) is 3. The highest BCUT2D eigenvalue weighted by Gasteiger charge is 2.13. The summed E-state index contributed by atoms with van der Waals surface area (Å²) in [6, 6.07) is 1.83. The van der Waals surface area contributed by atoms with Crippen LogP contribution in [0, 0.1) is 0 Å². The predicted molar refractivity (Wildman–Crippen MR) is 65.8 cm³/mol. The molecule has 0 aromatic carbocycles. The van der Waals surface area contributed by atoms with Gasteiger partial charge in [-0.2, -0.15) is 0 Å². The highest BCUT2D eigenvalue weighted by Crippen LogP contribution is 2.29. The Kier molecular flexibility index (Phi) is 3.77. The van der Waals surface area contributed by atoms with Gasteiger partial charge in [0.25, 0.3) is 0 Å². The van der Waals surface area contributed by atoms with Gasteiger partial charge in [-0.25, -0.2) is 4.98 Å². The van der Waals surface area contributed by atoms with Crippen molar-refractivity contribution >= 4 is 23.1 Å². The van der Waals surface area contributed by atoms with Crippen LogP contribution in [0.4, 0.5) is 11.5 Å². The summed E-state index contributed by atoms with van der Waals surface area (Å²) in [5, 5.41) is 0.486. The molecule has 0 fully saturated rings. The van der Waals surface area contributed by atoms with Gasteiger partial charge in [-0.15, -0.1) is 0 Å². The number of aromatic nitrogens is 1. The van der Waals surface area contributed by atoms with Crippen molar-refractivity contribution in [1.82, 2.24) is 4.98 Å². The van der Waals surface area contributed by atoms with E-state index in [1.807, 2.05) is 44.1 Å². The van der Waals surface area contributed by atoms with E-state index in [1.54, 1.807) is 0 Å². The average molecular weight is 229 g/mol. The minimum Gasteiger partial charge on any atom is -0.377 e. The highest BCUT2D eigenvalue weighted by molar-refractivity contribution is 6.29. The Morgan fingerprint density at radius 3 is 2.27 bits per heavy atom. The Bertz CT molecular complexity index is 320. The largest absolute Gasteiger partial charge is 0.377 e. The molecule has 1 aromatic rings. The fraction of sp³-hybridized carbons (Fsp3) is 0.500. The molecule has 15 heavy (non-hydrogen) atoms. The van der Waals surface area contributed by atoms with Gasteiger partial charge in [-0.3, -0.25) is 0 Å². The van der Waals surface area contributed by atoms with Crippen LogP contribution >= 0.6 is 11.6 Å². The van der Waals surface area contributed by atoms with Crippen molar-refractivity contribution in [3.63, 3.8) is 0 Å². The van der Waals surface area contributed by atoms with E-state index >= 15 is 0 Å². The topological polar surface area (TPSA) is 45.4 Å². The minimum atomic E-state index is 0.450. The molecule has 84 valence electrons. The fourth-order valence-corrected chi connectivity index (χ4v) is 1.66. The lowest BCUT2D eigenvalue weighted by molar-refractivity contribution is 0.965. The van der Waals surface area contributed by atoms with Crippen molar-refractivity contribution < 1.29 is 0 Å². The summed E-state index contributed by atoms with van der Waals surface area (Å²) in [4.78, 5) is 8.18. The number of halogens is 1. The molecule has 1 rings (SSSR count). The van der Waals surface area contributed by atoms with E-state index < -0.39 is 0 Å². The Hall–Kier alpha value is -1.00. The Morgan fingerprint density at radius 1 is 1.27 bits per heavy atom. The van der Waals surface area contributed by atoms with Crippen molar-refractivity contribution in [2.75, 3.05) is 38.0 Å². The van der Waals surface area contributed by atoms with Crippen molar-refractivity contribution in [3.05, 3.63) is 16.8 Å². The molecule has 5 heteroatoms. The number of hydrogen-bond acceptors (Lipinski definition) is 4. The molecular weight excluding hydrogens is 212 g/mol. The number of hydrogen-bond donors (Lipinski definition) is 1. The van der Waals surface area contributed by atoms with Crippen LogP contribution in [0.3, 0.4) is 0 Å². The Labute approximate surface area is 95.6 Å². The van der Waals surface area contributed by atoms with Crippen molar-refractivity contribution in [1.29, 1.82) is 0 Å². The van der Waals surface area contributed by atoms with E-state index in [9.17, 15) is 0 Å². The normalized spacial score (nSPS) is 10.3. The van der Waals surface area contributed by atoms with E-state index in [-0.39, 0.29) is 0 Å². The fourth-order valence-electron chi connectivity index (χ4n) is 1.48. The molecule has 0 aliphatic carbocycles. The SMILES string of the molecule is CN(C)c1cc(Cl)nc(N(C)C)c1CN. The lowest BCUT2D eigenvalue weighted by Crippen LogP contribution is -2.19. The van der Waals surface area contributed by atoms with Crippen LogP contribution in [0.5, 0.6) is 0 Å². The molecule has 0 aliphatic heterocycles. The maximum atomic E-state index is 5.96. The van der Waals surface area contributed by atoms with Crippen molar-refractivity contribution in [2.45, 2.75) is 6.54 Å². The summed E-state index contributed by atoms with van der Waals surface area (Å²) >= 11 is 5.96. The Morgan fingerprint density at radius 2 is 1.87 bits per heavy atom. The third-order valence-electron chi connectivity index (χ3n) is 2.16. The average Bonchev–Trinajstić information content (AvgIpc) is 2.16. The van der Waals surface area contributed by atoms with Crippen LogP contribution in [-0.4, -0.2) is 33.2 Å². The molecule has 0 radical (unpaired) electrons. The van der Waals surface area contributed by atoms with E-state index in [0.717, 1.165) is 17.1 Å². The molecule has 0 unspecified atom stereocenters. The molecule has 0 atom stereocenters. The molecule has 0 saturated carbocycles. The summed E-state index contributed by atoms with van der Waals surface area (Å²) < 4.78 is 0. The molecule has 0 saturated heterocycles. The van der Waals surface area contributed by atoms with Crippen molar-refractivity contribution in [2.24, 2.45) is 5.73 Å². The summed E-state index contributed by atoms with van der Waals surface area (Å²) in [6.07, 6.45) is 0. The monoisotopic (exact) mass is 228 g/mol. The van der Waals surface area contributed by atoms with Gasteiger partial charge in [-0.05, 0) is 6.07 Å². The second-order valence-electron chi connectivity index (χ2n) is 3.76. The lowest BCUT2D eigenvalue weighted by Gasteiger charge is -2.22.